The molecule has 29 heavy (non-hydrogen) atoms. The van der Waals surface area contributed by atoms with Crippen LogP contribution in [0, 0.1) is 5.82 Å². The number of carbonyl (C=O) groups is 1. The number of amides is 1. The van der Waals surface area contributed by atoms with Crippen molar-refractivity contribution in [2.75, 3.05) is 57.8 Å². The summed E-state index contributed by atoms with van der Waals surface area (Å²) in [5.41, 5.74) is 0.660. The van der Waals surface area contributed by atoms with Crippen LogP contribution in [-0.2, 0) is 9.53 Å². The second-order valence-electron chi connectivity index (χ2n) is 7.68. The number of hydrogen-bond acceptors (Lipinski definition) is 4. The second-order valence-corrected chi connectivity index (χ2v) is 7.68. The van der Waals surface area contributed by atoms with Gasteiger partial charge in [-0.1, -0.05) is 0 Å². The summed E-state index contributed by atoms with van der Waals surface area (Å²) in [5, 5.41) is 6.40. The molecule has 0 radical (unpaired) electrons. The quantitative estimate of drug-likeness (QED) is 0.508. The van der Waals surface area contributed by atoms with E-state index in [1.54, 1.807) is 19.2 Å². The molecule has 0 unspecified atom stereocenters. The van der Waals surface area contributed by atoms with Crippen LogP contribution in [0.3, 0.4) is 0 Å². The minimum atomic E-state index is -0.331. The zero-order chi connectivity index (χ0) is 21.3. The normalized spacial score (nSPS) is 15.4. The van der Waals surface area contributed by atoms with Gasteiger partial charge in [-0.25, -0.2) is 4.39 Å². The van der Waals surface area contributed by atoms with Crippen molar-refractivity contribution in [3.8, 4) is 0 Å². The van der Waals surface area contributed by atoms with E-state index in [0.29, 0.717) is 38.6 Å². The molecule has 0 saturated carbocycles. The monoisotopic (exact) mass is 407 g/mol. The first-order valence-electron chi connectivity index (χ1n) is 10.2. The third-order valence-corrected chi connectivity index (χ3v) is 4.97. The van der Waals surface area contributed by atoms with Crippen LogP contribution in [0.5, 0.6) is 0 Å². The summed E-state index contributed by atoms with van der Waals surface area (Å²) < 4.78 is 18.5. The maximum absolute atomic E-state index is 13.1. The molecule has 1 fully saturated rings. The van der Waals surface area contributed by atoms with Crippen LogP contribution in [0.25, 0.3) is 0 Å². The van der Waals surface area contributed by atoms with Crippen LogP contribution in [0.1, 0.15) is 27.2 Å². The SMILES string of the molecule is CCNC(=NCC(C)(C)OC)NCCC(=O)N1CCN(c2ccc(F)cc2)CC1. The van der Waals surface area contributed by atoms with E-state index in [-0.39, 0.29) is 17.3 Å². The summed E-state index contributed by atoms with van der Waals surface area (Å²) in [7, 11) is 1.67. The number of nitrogens with one attached hydrogen (secondary N) is 2. The topological polar surface area (TPSA) is 69.2 Å². The highest BCUT2D eigenvalue weighted by Crippen LogP contribution is 2.17. The molecule has 8 heteroatoms. The van der Waals surface area contributed by atoms with E-state index in [9.17, 15) is 9.18 Å². The first-order valence-corrected chi connectivity index (χ1v) is 10.2. The molecule has 1 saturated heterocycles. The van der Waals surface area contributed by atoms with Gasteiger partial charge in [0.25, 0.3) is 0 Å². The second kappa shape index (κ2) is 11.0. The molecule has 1 aromatic rings. The predicted octanol–water partition coefficient (Wildman–Crippen LogP) is 1.84. The van der Waals surface area contributed by atoms with Crippen molar-refractivity contribution in [2.45, 2.75) is 32.8 Å². The number of nitrogens with zero attached hydrogens (tertiary/aromatic N) is 3. The lowest BCUT2D eigenvalue weighted by atomic mass is 10.1. The summed E-state index contributed by atoms with van der Waals surface area (Å²) in [6.45, 7) is 10.6. The molecule has 2 N–H and O–H groups in total. The summed E-state index contributed by atoms with van der Waals surface area (Å²) in [6.07, 6.45) is 0.411. The minimum Gasteiger partial charge on any atom is -0.377 e. The number of aliphatic imine (C=N–C) groups is 1. The molecule has 0 spiro atoms. The van der Waals surface area contributed by atoms with Gasteiger partial charge in [0.2, 0.25) is 5.91 Å². The highest BCUT2D eigenvalue weighted by atomic mass is 19.1. The third kappa shape index (κ3) is 7.53. The Morgan fingerprint density at radius 1 is 1.17 bits per heavy atom. The summed E-state index contributed by atoms with van der Waals surface area (Å²) in [4.78, 5) is 21.1. The molecule has 0 aliphatic carbocycles. The first kappa shape index (κ1) is 22.9. The molecule has 1 aliphatic rings. The van der Waals surface area contributed by atoms with Crippen molar-refractivity contribution in [3.05, 3.63) is 30.1 Å². The van der Waals surface area contributed by atoms with Crippen molar-refractivity contribution in [1.82, 2.24) is 15.5 Å². The Hall–Kier alpha value is -2.35. The number of guanidine groups is 1. The molecule has 0 atom stereocenters. The Morgan fingerprint density at radius 2 is 1.83 bits per heavy atom. The van der Waals surface area contributed by atoms with Crippen LogP contribution in [-0.4, -0.2) is 75.3 Å². The Balaban J connectivity index is 1.76. The van der Waals surface area contributed by atoms with Crippen LogP contribution >= 0.6 is 0 Å². The Kier molecular flexibility index (Phi) is 8.70. The highest BCUT2D eigenvalue weighted by Gasteiger charge is 2.21. The molecule has 1 aromatic carbocycles. The number of ether oxygens (including phenoxy) is 1. The molecule has 1 heterocycles. The number of benzene rings is 1. The number of piperazine rings is 1. The van der Waals surface area contributed by atoms with Crippen LogP contribution in [0.15, 0.2) is 29.3 Å². The number of methoxy groups -OCH3 is 1. The van der Waals surface area contributed by atoms with Gasteiger partial charge in [-0.15, -0.1) is 0 Å². The van der Waals surface area contributed by atoms with Gasteiger partial charge in [0, 0.05) is 58.5 Å². The molecule has 7 nitrogen and oxygen atoms in total. The molecule has 162 valence electrons. The lowest BCUT2D eigenvalue weighted by molar-refractivity contribution is -0.131. The number of carbonyl (C=O) groups excluding carboxylic acids is 1. The smallest absolute Gasteiger partial charge is 0.224 e. The largest absolute Gasteiger partial charge is 0.377 e. The van der Waals surface area contributed by atoms with Crippen molar-refractivity contribution in [3.63, 3.8) is 0 Å². The number of hydrogen-bond donors (Lipinski definition) is 2. The summed E-state index contributed by atoms with van der Waals surface area (Å²) in [5.74, 6) is 0.581. The number of halogens is 1. The van der Waals surface area contributed by atoms with Crippen LogP contribution in [0.4, 0.5) is 10.1 Å². The fourth-order valence-corrected chi connectivity index (χ4v) is 2.99. The van der Waals surface area contributed by atoms with E-state index in [2.05, 4.69) is 20.5 Å². The van der Waals surface area contributed by atoms with Crippen molar-refractivity contribution >= 4 is 17.6 Å². The van der Waals surface area contributed by atoms with Gasteiger partial charge in [-0.3, -0.25) is 9.79 Å². The fraction of sp³-hybridized carbons (Fsp3) is 0.619. The van der Waals surface area contributed by atoms with Gasteiger partial charge in [0.05, 0.1) is 12.1 Å². The molecule has 0 bridgehead atoms. The maximum atomic E-state index is 13.1. The van der Waals surface area contributed by atoms with Gasteiger partial charge in [-0.2, -0.15) is 0 Å². The highest BCUT2D eigenvalue weighted by molar-refractivity contribution is 5.81. The fourth-order valence-electron chi connectivity index (χ4n) is 2.99. The molecular formula is C21H34FN5O2. The van der Waals surface area contributed by atoms with Crippen molar-refractivity contribution < 1.29 is 13.9 Å². The average Bonchev–Trinajstić information content (AvgIpc) is 2.72. The van der Waals surface area contributed by atoms with Crippen molar-refractivity contribution in [2.24, 2.45) is 4.99 Å². The number of anilines is 1. The predicted molar refractivity (Wildman–Crippen MR) is 115 cm³/mol. The molecule has 2 rings (SSSR count). The standard InChI is InChI=1S/C21H34FN5O2/c1-5-23-20(25-16-21(2,3)29-4)24-11-10-19(28)27-14-12-26(13-15-27)18-8-6-17(22)7-9-18/h6-9H,5,10-16H2,1-4H3,(H2,23,24,25). The Bertz CT molecular complexity index is 670. The van der Waals surface area contributed by atoms with Crippen molar-refractivity contribution in [1.29, 1.82) is 0 Å². The lowest BCUT2D eigenvalue weighted by Gasteiger charge is -2.36. The van der Waals surface area contributed by atoms with Gasteiger partial charge in [-0.05, 0) is 45.0 Å². The van der Waals surface area contributed by atoms with Gasteiger partial charge in [0.15, 0.2) is 5.96 Å². The zero-order valence-electron chi connectivity index (χ0n) is 18.0. The average molecular weight is 408 g/mol. The maximum Gasteiger partial charge on any atom is 0.224 e. The van der Waals surface area contributed by atoms with Gasteiger partial charge in [0.1, 0.15) is 5.82 Å². The van der Waals surface area contributed by atoms with E-state index in [0.717, 1.165) is 25.3 Å². The van der Waals surface area contributed by atoms with Crippen LogP contribution < -0.4 is 15.5 Å². The zero-order valence-corrected chi connectivity index (χ0v) is 18.0. The van der Waals surface area contributed by atoms with Gasteiger partial charge >= 0.3 is 0 Å². The Morgan fingerprint density at radius 3 is 2.41 bits per heavy atom. The van der Waals surface area contributed by atoms with E-state index in [1.165, 1.54) is 12.1 Å². The van der Waals surface area contributed by atoms with E-state index in [4.69, 9.17) is 4.74 Å². The molecule has 0 aromatic heterocycles. The van der Waals surface area contributed by atoms with E-state index in [1.807, 2.05) is 25.7 Å². The van der Waals surface area contributed by atoms with Gasteiger partial charge < -0.3 is 25.2 Å². The Labute approximate surface area is 173 Å². The lowest BCUT2D eigenvalue weighted by Crippen LogP contribution is -2.49. The molecule has 1 aliphatic heterocycles. The van der Waals surface area contributed by atoms with E-state index < -0.39 is 0 Å². The summed E-state index contributed by atoms with van der Waals surface area (Å²) >= 11 is 0. The molecular weight excluding hydrogens is 373 g/mol. The van der Waals surface area contributed by atoms with Crippen LogP contribution in [0.2, 0.25) is 0 Å². The number of rotatable bonds is 8. The van der Waals surface area contributed by atoms with E-state index >= 15 is 0 Å². The first-order chi connectivity index (χ1) is 13.8. The third-order valence-electron chi connectivity index (χ3n) is 4.97. The molecule has 1 amide bonds. The minimum absolute atomic E-state index is 0.129. The summed E-state index contributed by atoms with van der Waals surface area (Å²) in [6, 6.07) is 6.50.